The molecule has 0 heterocycles. The first-order chi connectivity index (χ1) is 11.9. The number of carboxylic acids is 1. The molecule has 0 radical (unpaired) electrons. The summed E-state index contributed by atoms with van der Waals surface area (Å²) in [4.78, 5) is 11.2. The predicted molar refractivity (Wildman–Crippen MR) is 89.6 cm³/mol. The molecule has 0 amide bonds. The molecule has 2 saturated carbocycles. The molecule has 2 aliphatic rings. The molecule has 134 valence electrons. The summed E-state index contributed by atoms with van der Waals surface area (Å²) in [7, 11) is 1.58. The molecule has 0 aromatic heterocycles. The zero-order valence-electron chi connectivity index (χ0n) is 14.3. The van der Waals surface area contributed by atoms with Crippen LogP contribution < -0.4 is 9.47 Å². The number of aliphatic carboxylic acids is 1. The first kappa shape index (κ1) is 17.6. The van der Waals surface area contributed by atoms with Gasteiger partial charge in [0.25, 0.3) is 0 Å². The lowest BCUT2D eigenvalue weighted by molar-refractivity contribution is -0.162. The average Bonchev–Trinajstić information content (AvgIpc) is 3.45. The lowest BCUT2D eigenvalue weighted by Crippen LogP contribution is -2.46. The standard InChI is InChI=1S/C19H23NO5/c1-24-15-5-4-14(10-16(15)25-11-13-2-3-13)18(12-20)6-8-19(23,9-7-18)17(21)22/h4-5,10,13,23H,2-3,6-9,11H2,1H3,(H,21,22)/t18-,19+. The number of hydrogen-bond acceptors (Lipinski definition) is 5. The number of nitriles is 1. The Morgan fingerprint density at radius 2 is 1.96 bits per heavy atom. The summed E-state index contributed by atoms with van der Waals surface area (Å²) in [6.45, 7) is 0.637. The second-order valence-corrected chi connectivity index (χ2v) is 7.15. The lowest BCUT2D eigenvalue weighted by atomic mass is 9.66. The smallest absolute Gasteiger partial charge is 0.335 e. The molecule has 2 aliphatic carbocycles. The fourth-order valence-corrected chi connectivity index (χ4v) is 3.35. The molecule has 3 rings (SSSR count). The van der Waals surface area contributed by atoms with Crippen molar-refractivity contribution in [1.82, 2.24) is 0 Å². The minimum atomic E-state index is -1.74. The number of methoxy groups -OCH3 is 1. The van der Waals surface area contributed by atoms with Crippen LogP contribution >= 0.6 is 0 Å². The largest absolute Gasteiger partial charge is 0.493 e. The van der Waals surface area contributed by atoms with Crippen LogP contribution in [0.3, 0.4) is 0 Å². The van der Waals surface area contributed by atoms with Crippen LogP contribution in [0.1, 0.15) is 44.1 Å². The third-order valence-corrected chi connectivity index (χ3v) is 5.43. The van der Waals surface area contributed by atoms with Crippen LogP contribution in [0.25, 0.3) is 0 Å². The van der Waals surface area contributed by atoms with Crippen LogP contribution in [0.4, 0.5) is 0 Å². The molecular formula is C19H23NO5. The molecule has 0 unspecified atom stereocenters. The Hall–Kier alpha value is -2.26. The maximum atomic E-state index is 11.2. The van der Waals surface area contributed by atoms with Crippen LogP contribution in [0, 0.1) is 17.2 Å². The van der Waals surface area contributed by atoms with Gasteiger partial charge in [-0.3, -0.25) is 0 Å². The number of benzene rings is 1. The molecule has 6 nitrogen and oxygen atoms in total. The monoisotopic (exact) mass is 345 g/mol. The third kappa shape index (κ3) is 3.42. The van der Waals surface area contributed by atoms with Crippen molar-refractivity contribution < 1.29 is 24.5 Å². The summed E-state index contributed by atoms with van der Waals surface area (Å²) in [6, 6.07) is 7.80. The van der Waals surface area contributed by atoms with E-state index >= 15 is 0 Å². The Kier molecular flexibility index (Phi) is 4.61. The number of carboxylic acid groups (broad SMARTS) is 1. The fourth-order valence-electron chi connectivity index (χ4n) is 3.35. The lowest BCUT2D eigenvalue weighted by Gasteiger charge is -2.38. The van der Waals surface area contributed by atoms with E-state index in [1.807, 2.05) is 12.1 Å². The van der Waals surface area contributed by atoms with Crippen molar-refractivity contribution in [3.8, 4) is 17.6 Å². The Balaban J connectivity index is 1.84. The number of hydrogen-bond donors (Lipinski definition) is 2. The van der Waals surface area contributed by atoms with Crippen molar-refractivity contribution in [3.05, 3.63) is 23.8 Å². The van der Waals surface area contributed by atoms with Gasteiger partial charge in [0, 0.05) is 0 Å². The number of ether oxygens (including phenoxy) is 2. The number of aliphatic hydroxyl groups is 1. The summed E-state index contributed by atoms with van der Waals surface area (Å²) in [5.74, 6) is 0.608. The summed E-state index contributed by atoms with van der Waals surface area (Å²) >= 11 is 0. The van der Waals surface area contributed by atoms with Crippen molar-refractivity contribution in [3.63, 3.8) is 0 Å². The van der Waals surface area contributed by atoms with E-state index in [0.29, 0.717) is 36.9 Å². The normalized spacial score (nSPS) is 28.8. The summed E-state index contributed by atoms with van der Waals surface area (Å²) < 4.78 is 11.2. The van der Waals surface area contributed by atoms with E-state index in [-0.39, 0.29) is 12.8 Å². The molecule has 0 saturated heterocycles. The minimum absolute atomic E-state index is 0.0557. The molecule has 0 aliphatic heterocycles. The Morgan fingerprint density at radius 1 is 1.28 bits per heavy atom. The topological polar surface area (TPSA) is 99.8 Å². The van der Waals surface area contributed by atoms with Gasteiger partial charge in [0.15, 0.2) is 17.1 Å². The molecule has 2 fully saturated rings. The second-order valence-electron chi connectivity index (χ2n) is 7.15. The van der Waals surface area contributed by atoms with E-state index in [1.54, 1.807) is 13.2 Å². The molecule has 0 spiro atoms. The van der Waals surface area contributed by atoms with Crippen LogP contribution in [0.5, 0.6) is 11.5 Å². The molecule has 1 aromatic carbocycles. The van der Waals surface area contributed by atoms with Gasteiger partial charge >= 0.3 is 5.97 Å². The van der Waals surface area contributed by atoms with Gasteiger partial charge < -0.3 is 19.7 Å². The third-order valence-electron chi connectivity index (χ3n) is 5.43. The number of nitrogens with zero attached hydrogens (tertiary/aromatic N) is 1. The van der Waals surface area contributed by atoms with Crippen molar-refractivity contribution >= 4 is 5.97 Å². The van der Waals surface area contributed by atoms with Gasteiger partial charge in [-0.2, -0.15) is 5.26 Å². The van der Waals surface area contributed by atoms with Crippen molar-refractivity contribution in [2.75, 3.05) is 13.7 Å². The Morgan fingerprint density at radius 3 is 2.48 bits per heavy atom. The highest BCUT2D eigenvalue weighted by Crippen LogP contribution is 2.45. The second kappa shape index (κ2) is 6.57. The minimum Gasteiger partial charge on any atom is -0.493 e. The van der Waals surface area contributed by atoms with E-state index in [9.17, 15) is 20.3 Å². The summed E-state index contributed by atoms with van der Waals surface area (Å²) in [5, 5.41) is 29.1. The molecular weight excluding hydrogens is 322 g/mol. The quantitative estimate of drug-likeness (QED) is 0.822. The maximum absolute atomic E-state index is 11.2. The van der Waals surface area contributed by atoms with E-state index in [0.717, 1.165) is 5.56 Å². The first-order valence-electron chi connectivity index (χ1n) is 8.61. The van der Waals surface area contributed by atoms with E-state index in [2.05, 4.69) is 6.07 Å². The van der Waals surface area contributed by atoms with Gasteiger partial charge in [-0.05, 0) is 62.1 Å². The molecule has 25 heavy (non-hydrogen) atoms. The van der Waals surface area contributed by atoms with Crippen molar-refractivity contribution in [1.29, 1.82) is 5.26 Å². The van der Waals surface area contributed by atoms with E-state index in [1.165, 1.54) is 12.8 Å². The average molecular weight is 345 g/mol. The van der Waals surface area contributed by atoms with Gasteiger partial charge in [-0.1, -0.05) is 6.07 Å². The van der Waals surface area contributed by atoms with Gasteiger partial charge in [0.2, 0.25) is 0 Å². The zero-order chi connectivity index (χ0) is 18.1. The number of rotatable bonds is 6. The Labute approximate surface area is 147 Å². The van der Waals surface area contributed by atoms with Crippen molar-refractivity contribution in [2.45, 2.75) is 49.5 Å². The van der Waals surface area contributed by atoms with Crippen molar-refractivity contribution in [2.24, 2.45) is 5.92 Å². The molecule has 1 aromatic rings. The highest BCUT2D eigenvalue weighted by molar-refractivity contribution is 5.77. The Bertz CT molecular complexity index is 696. The van der Waals surface area contributed by atoms with Crippen LogP contribution in [-0.2, 0) is 10.2 Å². The van der Waals surface area contributed by atoms with E-state index < -0.39 is 17.0 Å². The SMILES string of the molecule is COc1ccc([C@]2(C#N)CC[C@@](O)(C(=O)O)CC2)cc1OCC1CC1. The molecule has 6 heteroatoms. The highest BCUT2D eigenvalue weighted by atomic mass is 16.5. The first-order valence-corrected chi connectivity index (χ1v) is 8.61. The van der Waals surface area contributed by atoms with Gasteiger partial charge in [-0.25, -0.2) is 4.79 Å². The predicted octanol–water partition coefficient (Wildman–Crippen LogP) is 2.64. The maximum Gasteiger partial charge on any atom is 0.335 e. The summed E-state index contributed by atoms with van der Waals surface area (Å²) in [6.07, 6.45) is 3.05. The molecule has 0 atom stereocenters. The van der Waals surface area contributed by atoms with Crippen LogP contribution in [0.2, 0.25) is 0 Å². The molecule has 2 N–H and O–H groups in total. The zero-order valence-corrected chi connectivity index (χ0v) is 14.3. The summed E-state index contributed by atoms with van der Waals surface area (Å²) in [5.41, 5.74) is -1.77. The highest BCUT2D eigenvalue weighted by Gasteiger charge is 2.47. The van der Waals surface area contributed by atoms with Gasteiger partial charge in [0.1, 0.15) is 0 Å². The number of carbonyl (C=O) groups is 1. The molecule has 0 bridgehead atoms. The van der Waals surface area contributed by atoms with Gasteiger partial charge in [0.05, 0.1) is 25.2 Å². The van der Waals surface area contributed by atoms with Crippen LogP contribution in [-0.4, -0.2) is 35.5 Å². The van der Waals surface area contributed by atoms with E-state index in [4.69, 9.17) is 9.47 Å². The fraction of sp³-hybridized carbons (Fsp3) is 0.579. The van der Waals surface area contributed by atoms with Gasteiger partial charge in [-0.15, -0.1) is 0 Å². The van der Waals surface area contributed by atoms with Crippen LogP contribution in [0.15, 0.2) is 18.2 Å².